The van der Waals surface area contributed by atoms with Gasteiger partial charge in [0.05, 0.1) is 11.3 Å². The maximum absolute atomic E-state index is 13.4. The van der Waals surface area contributed by atoms with Gasteiger partial charge in [0, 0.05) is 24.4 Å². The van der Waals surface area contributed by atoms with Crippen LogP contribution < -0.4 is 4.72 Å². The first-order valence-corrected chi connectivity index (χ1v) is 10.8. The van der Waals surface area contributed by atoms with Crippen molar-refractivity contribution < 1.29 is 12.8 Å². The Kier molecular flexibility index (Phi) is 4.33. The van der Waals surface area contributed by atoms with Crippen molar-refractivity contribution in [3.8, 4) is 11.5 Å². The Bertz CT molecular complexity index is 1170. The largest absolute Gasteiger partial charge is 0.420 e. The minimum absolute atomic E-state index is 0.180. The third-order valence-corrected chi connectivity index (χ3v) is 6.94. The smallest absolute Gasteiger partial charge is 0.264 e. The molecule has 0 spiro atoms. The lowest BCUT2D eigenvalue weighted by Crippen LogP contribution is -2.15. The second kappa shape index (κ2) is 6.48. The van der Waals surface area contributed by atoms with Crippen molar-refractivity contribution in [2.75, 3.05) is 4.72 Å². The van der Waals surface area contributed by atoms with Crippen LogP contribution in [0.5, 0.6) is 0 Å². The van der Waals surface area contributed by atoms with Gasteiger partial charge in [-0.15, -0.1) is 10.2 Å². The summed E-state index contributed by atoms with van der Waals surface area (Å²) in [6, 6.07) is 5.68. The number of nitrogens with one attached hydrogen (secondary N) is 1. The van der Waals surface area contributed by atoms with E-state index in [-0.39, 0.29) is 10.8 Å². The molecule has 0 saturated heterocycles. The Labute approximate surface area is 164 Å². The standard InChI is InChI=1S/C20H24N4O3S/c1-11-6-7-12(2)16(10-11)23-28(25,26)18-14(4)24(5)13(3)17(18)20-22-21-19(27-20)15-8-9-15/h6-7,10,15,23H,8-9H2,1-5H3. The highest BCUT2D eigenvalue weighted by molar-refractivity contribution is 7.93. The van der Waals surface area contributed by atoms with Gasteiger partial charge in [0.25, 0.3) is 15.9 Å². The molecule has 28 heavy (non-hydrogen) atoms. The molecule has 2 heterocycles. The summed E-state index contributed by atoms with van der Waals surface area (Å²) in [6.45, 7) is 7.45. The van der Waals surface area contributed by atoms with Gasteiger partial charge in [-0.25, -0.2) is 8.42 Å². The van der Waals surface area contributed by atoms with Crippen molar-refractivity contribution in [3.05, 3.63) is 46.6 Å². The molecule has 0 bridgehead atoms. The zero-order valence-electron chi connectivity index (χ0n) is 16.7. The average Bonchev–Trinajstić information content (AvgIpc) is 3.32. The van der Waals surface area contributed by atoms with Crippen LogP contribution in [0.25, 0.3) is 11.5 Å². The summed E-state index contributed by atoms with van der Waals surface area (Å²) in [5, 5.41) is 8.28. The van der Waals surface area contributed by atoms with Crippen LogP contribution in [0, 0.1) is 27.7 Å². The van der Waals surface area contributed by atoms with E-state index >= 15 is 0 Å². The van der Waals surface area contributed by atoms with Crippen LogP contribution >= 0.6 is 0 Å². The van der Waals surface area contributed by atoms with E-state index in [4.69, 9.17) is 4.42 Å². The number of hydrogen-bond acceptors (Lipinski definition) is 5. The second-order valence-corrected chi connectivity index (χ2v) is 9.20. The van der Waals surface area contributed by atoms with E-state index in [0.717, 1.165) is 29.7 Å². The van der Waals surface area contributed by atoms with E-state index in [0.29, 0.717) is 28.8 Å². The van der Waals surface area contributed by atoms with Gasteiger partial charge in [0.2, 0.25) is 5.89 Å². The van der Waals surface area contributed by atoms with E-state index in [9.17, 15) is 8.42 Å². The fourth-order valence-electron chi connectivity index (χ4n) is 3.37. The van der Waals surface area contributed by atoms with Crippen LogP contribution in [0.15, 0.2) is 27.5 Å². The molecule has 4 rings (SSSR count). The molecule has 8 heteroatoms. The van der Waals surface area contributed by atoms with Gasteiger partial charge in [-0.2, -0.15) is 0 Å². The Morgan fingerprint density at radius 2 is 1.82 bits per heavy atom. The molecular weight excluding hydrogens is 376 g/mol. The number of aryl methyl sites for hydroxylation is 2. The Morgan fingerprint density at radius 1 is 1.11 bits per heavy atom. The highest BCUT2D eigenvalue weighted by atomic mass is 32.2. The zero-order valence-corrected chi connectivity index (χ0v) is 17.5. The number of rotatable bonds is 5. The van der Waals surface area contributed by atoms with Crippen LogP contribution in [0.3, 0.4) is 0 Å². The monoisotopic (exact) mass is 400 g/mol. The van der Waals surface area contributed by atoms with E-state index in [1.54, 1.807) is 6.92 Å². The van der Waals surface area contributed by atoms with Gasteiger partial charge >= 0.3 is 0 Å². The predicted molar refractivity (Wildman–Crippen MR) is 107 cm³/mol. The van der Waals surface area contributed by atoms with E-state index < -0.39 is 10.0 Å². The van der Waals surface area contributed by atoms with Crippen molar-refractivity contribution in [2.45, 2.75) is 51.3 Å². The number of benzene rings is 1. The molecule has 1 aromatic carbocycles. The first-order chi connectivity index (χ1) is 13.2. The van der Waals surface area contributed by atoms with Gasteiger partial charge in [0.1, 0.15) is 4.90 Å². The van der Waals surface area contributed by atoms with E-state index in [1.807, 2.05) is 50.6 Å². The van der Waals surface area contributed by atoms with Crippen molar-refractivity contribution in [3.63, 3.8) is 0 Å². The van der Waals surface area contributed by atoms with Gasteiger partial charge < -0.3 is 8.98 Å². The molecular formula is C20H24N4O3S. The highest BCUT2D eigenvalue weighted by Crippen LogP contribution is 2.42. The number of nitrogens with zero attached hydrogens (tertiary/aromatic N) is 3. The van der Waals surface area contributed by atoms with Gasteiger partial charge in [-0.05, 0) is 57.7 Å². The maximum Gasteiger partial charge on any atom is 0.264 e. The third kappa shape index (κ3) is 3.11. The lowest BCUT2D eigenvalue weighted by atomic mass is 10.1. The van der Waals surface area contributed by atoms with Crippen LogP contribution in [-0.4, -0.2) is 23.2 Å². The van der Waals surface area contributed by atoms with Crippen LogP contribution in [0.4, 0.5) is 5.69 Å². The minimum Gasteiger partial charge on any atom is -0.420 e. The van der Waals surface area contributed by atoms with Gasteiger partial charge in [-0.1, -0.05) is 12.1 Å². The Hall–Kier alpha value is -2.61. The topological polar surface area (TPSA) is 90.0 Å². The Balaban J connectivity index is 1.84. The van der Waals surface area contributed by atoms with Crippen molar-refractivity contribution in [1.82, 2.24) is 14.8 Å². The number of aromatic nitrogens is 3. The van der Waals surface area contributed by atoms with Crippen molar-refractivity contribution in [2.24, 2.45) is 7.05 Å². The molecule has 1 aliphatic carbocycles. The van der Waals surface area contributed by atoms with Crippen molar-refractivity contribution in [1.29, 1.82) is 0 Å². The summed E-state index contributed by atoms with van der Waals surface area (Å²) in [5.41, 5.74) is 4.26. The molecule has 0 amide bonds. The predicted octanol–water partition coefficient (Wildman–Crippen LogP) is 3.99. The molecule has 0 radical (unpaired) electrons. The number of sulfonamides is 1. The number of anilines is 1. The first kappa shape index (κ1) is 18.7. The summed E-state index contributed by atoms with van der Waals surface area (Å²) in [7, 11) is -2.02. The van der Waals surface area contributed by atoms with Gasteiger partial charge in [-0.3, -0.25) is 4.72 Å². The quantitative estimate of drug-likeness (QED) is 0.699. The van der Waals surface area contributed by atoms with Crippen LogP contribution in [0.1, 0.15) is 47.2 Å². The molecule has 1 N–H and O–H groups in total. The fourth-order valence-corrected chi connectivity index (χ4v) is 5.01. The number of hydrogen-bond donors (Lipinski definition) is 1. The normalized spacial score (nSPS) is 14.5. The molecule has 1 aliphatic rings. The molecule has 0 aliphatic heterocycles. The lowest BCUT2D eigenvalue weighted by Gasteiger charge is -2.12. The summed E-state index contributed by atoms with van der Waals surface area (Å²) in [6.07, 6.45) is 2.07. The van der Waals surface area contributed by atoms with Crippen LogP contribution in [-0.2, 0) is 17.1 Å². The fraction of sp³-hybridized carbons (Fsp3) is 0.400. The molecule has 3 aromatic rings. The molecule has 148 valence electrons. The molecule has 1 saturated carbocycles. The molecule has 0 unspecified atom stereocenters. The Morgan fingerprint density at radius 3 is 2.50 bits per heavy atom. The third-order valence-electron chi connectivity index (χ3n) is 5.41. The minimum atomic E-state index is -3.86. The maximum atomic E-state index is 13.4. The molecule has 2 aromatic heterocycles. The SMILES string of the molecule is Cc1ccc(C)c(NS(=O)(=O)c2c(-c3nnc(C4CC4)o3)c(C)n(C)c2C)c1. The highest BCUT2D eigenvalue weighted by Gasteiger charge is 2.34. The van der Waals surface area contributed by atoms with E-state index in [1.165, 1.54) is 0 Å². The van der Waals surface area contributed by atoms with E-state index in [2.05, 4.69) is 14.9 Å². The molecule has 1 fully saturated rings. The molecule has 7 nitrogen and oxygen atoms in total. The second-order valence-electron chi connectivity index (χ2n) is 7.58. The first-order valence-electron chi connectivity index (χ1n) is 9.28. The summed E-state index contributed by atoms with van der Waals surface area (Å²) in [5.74, 6) is 1.14. The van der Waals surface area contributed by atoms with Crippen LogP contribution in [0.2, 0.25) is 0 Å². The molecule has 0 atom stereocenters. The lowest BCUT2D eigenvalue weighted by molar-refractivity contribution is 0.507. The summed E-state index contributed by atoms with van der Waals surface area (Å²) >= 11 is 0. The summed E-state index contributed by atoms with van der Waals surface area (Å²) in [4.78, 5) is 0.180. The van der Waals surface area contributed by atoms with Crippen molar-refractivity contribution >= 4 is 15.7 Å². The zero-order chi connectivity index (χ0) is 20.2. The van der Waals surface area contributed by atoms with Gasteiger partial charge in [0.15, 0.2) is 0 Å². The summed E-state index contributed by atoms with van der Waals surface area (Å²) < 4.78 is 37.2. The average molecular weight is 401 g/mol.